The third kappa shape index (κ3) is 3.04. The van der Waals surface area contributed by atoms with Gasteiger partial charge >= 0.3 is 5.56 Å². The van der Waals surface area contributed by atoms with E-state index in [2.05, 4.69) is 27.7 Å². The number of hydrogen-bond donors (Lipinski definition) is 0. The van der Waals surface area contributed by atoms with Crippen LogP contribution in [0.1, 0.15) is 5.56 Å². The van der Waals surface area contributed by atoms with Crippen molar-refractivity contribution in [2.75, 3.05) is 0 Å². The molecule has 0 aliphatic heterocycles. The summed E-state index contributed by atoms with van der Waals surface area (Å²) < 4.78 is 7.79. The molecule has 0 aliphatic rings. The van der Waals surface area contributed by atoms with E-state index in [1.54, 1.807) is 6.20 Å². The summed E-state index contributed by atoms with van der Waals surface area (Å²) in [5.74, 6) is 0.912. The van der Waals surface area contributed by atoms with Gasteiger partial charge in [-0.05, 0) is 53.8 Å². The maximum Gasteiger partial charge on any atom is 0.315 e. The first-order valence-corrected chi connectivity index (χ1v) is 7.81. The minimum atomic E-state index is -0.279. The van der Waals surface area contributed by atoms with Crippen molar-refractivity contribution in [1.82, 2.24) is 9.78 Å². The van der Waals surface area contributed by atoms with Gasteiger partial charge in [0.2, 0.25) is 5.75 Å². The number of halogens is 1. The van der Waals surface area contributed by atoms with E-state index >= 15 is 0 Å². The topological polar surface area (TPSA) is 44.1 Å². The quantitative estimate of drug-likeness (QED) is 0.622. The molecule has 1 aromatic heterocycles. The molecule has 0 bridgehead atoms. The van der Waals surface area contributed by atoms with Crippen LogP contribution in [0.2, 0.25) is 0 Å². The van der Waals surface area contributed by atoms with Crippen LogP contribution >= 0.6 is 22.6 Å². The fourth-order valence-electron chi connectivity index (χ4n) is 1.99. The van der Waals surface area contributed by atoms with Crippen molar-refractivity contribution in [2.45, 2.75) is 6.92 Å². The molecular formula is C17H13IN2O2. The monoisotopic (exact) mass is 404 g/mol. The number of rotatable bonds is 3. The molecule has 5 heteroatoms. The van der Waals surface area contributed by atoms with Gasteiger partial charge in [0.1, 0.15) is 5.75 Å². The molecule has 0 unspecified atom stereocenters. The summed E-state index contributed by atoms with van der Waals surface area (Å²) in [5.41, 5.74) is 1.56. The molecule has 0 amide bonds. The van der Waals surface area contributed by atoms with Crippen LogP contribution in [0.15, 0.2) is 65.6 Å². The molecule has 0 spiro atoms. The van der Waals surface area contributed by atoms with Gasteiger partial charge in [-0.25, -0.2) is 0 Å². The molecular weight excluding hydrogens is 391 g/mol. The molecule has 3 rings (SSSR count). The zero-order valence-corrected chi connectivity index (χ0v) is 14.0. The van der Waals surface area contributed by atoms with E-state index in [0.29, 0.717) is 15.0 Å². The average Bonchev–Trinajstić information content (AvgIpc) is 2.54. The Bertz CT molecular complexity index is 843. The van der Waals surface area contributed by atoms with Gasteiger partial charge in [-0.15, -0.1) is 0 Å². The SMILES string of the molecule is Cc1ccc(Oc2c(I)cnn(-c3ccccc3)c2=O)cc1. The summed E-state index contributed by atoms with van der Waals surface area (Å²) in [5, 5.41) is 4.18. The summed E-state index contributed by atoms with van der Waals surface area (Å²) in [6.45, 7) is 2.00. The molecule has 22 heavy (non-hydrogen) atoms. The molecule has 0 radical (unpaired) electrons. The van der Waals surface area contributed by atoms with E-state index in [1.807, 2.05) is 61.5 Å². The van der Waals surface area contributed by atoms with Gasteiger partial charge in [-0.3, -0.25) is 4.79 Å². The van der Waals surface area contributed by atoms with Crippen LogP contribution in [-0.4, -0.2) is 9.78 Å². The maximum absolute atomic E-state index is 12.6. The second kappa shape index (κ2) is 6.31. The molecule has 0 saturated heterocycles. The highest BCUT2D eigenvalue weighted by Gasteiger charge is 2.13. The van der Waals surface area contributed by atoms with Crippen molar-refractivity contribution in [1.29, 1.82) is 0 Å². The van der Waals surface area contributed by atoms with Gasteiger partial charge in [0, 0.05) is 0 Å². The first-order chi connectivity index (χ1) is 10.6. The summed E-state index contributed by atoms with van der Waals surface area (Å²) >= 11 is 2.05. The fraction of sp³-hybridized carbons (Fsp3) is 0.0588. The van der Waals surface area contributed by atoms with E-state index in [4.69, 9.17) is 4.74 Å². The largest absolute Gasteiger partial charge is 0.450 e. The Hall–Kier alpha value is -2.15. The zero-order chi connectivity index (χ0) is 15.5. The highest BCUT2D eigenvalue weighted by Crippen LogP contribution is 2.23. The molecule has 0 N–H and O–H groups in total. The van der Waals surface area contributed by atoms with Gasteiger partial charge in [-0.1, -0.05) is 35.9 Å². The van der Waals surface area contributed by atoms with Crippen LogP contribution in [0.25, 0.3) is 5.69 Å². The summed E-state index contributed by atoms with van der Waals surface area (Å²) in [7, 11) is 0. The van der Waals surface area contributed by atoms with Crippen molar-refractivity contribution in [2.24, 2.45) is 0 Å². The number of aromatic nitrogens is 2. The Kier molecular flexibility index (Phi) is 4.24. The minimum Gasteiger partial charge on any atom is -0.450 e. The van der Waals surface area contributed by atoms with Crippen molar-refractivity contribution in [3.63, 3.8) is 0 Å². The van der Waals surface area contributed by atoms with Crippen molar-refractivity contribution in [3.05, 3.63) is 80.3 Å². The third-order valence-electron chi connectivity index (χ3n) is 3.13. The average molecular weight is 404 g/mol. The Morgan fingerprint density at radius 1 is 1.05 bits per heavy atom. The Balaban J connectivity index is 2.04. The Morgan fingerprint density at radius 2 is 1.73 bits per heavy atom. The van der Waals surface area contributed by atoms with Gasteiger partial charge < -0.3 is 4.74 Å². The highest BCUT2D eigenvalue weighted by atomic mass is 127. The second-order valence-corrected chi connectivity index (χ2v) is 5.95. The van der Waals surface area contributed by atoms with Crippen molar-refractivity contribution < 1.29 is 4.74 Å². The normalized spacial score (nSPS) is 10.5. The smallest absolute Gasteiger partial charge is 0.315 e. The van der Waals surface area contributed by atoms with Crippen LogP contribution in [0, 0.1) is 10.5 Å². The number of benzene rings is 2. The standard InChI is InChI=1S/C17H13IN2O2/c1-12-7-9-14(10-8-12)22-16-15(18)11-19-20(17(16)21)13-5-3-2-4-6-13/h2-11H,1H3. The fourth-order valence-corrected chi connectivity index (χ4v) is 2.45. The first kappa shape index (κ1) is 14.8. The van der Waals surface area contributed by atoms with Crippen LogP contribution < -0.4 is 10.3 Å². The van der Waals surface area contributed by atoms with Crippen LogP contribution in [0.5, 0.6) is 11.5 Å². The minimum absolute atomic E-state index is 0.279. The van der Waals surface area contributed by atoms with E-state index < -0.39 is 0 Å². The lowest BCUT2D eigenvalue weighted by atomic mass is 10.2. The predicted octanol–water partition coefficient (Wildman–Crippen LogP) is 3.94. The first-order valence-electron chi connectivity index (χ1n) is 6.73. The summed E-state index contributed by atoms with van der Waals surface area (Å²) in [6, 6.07) is 16.9. The number of hydrogen-bond acceptors (Lipinski definition) is 3. The molecule has 110 valence electrons. The molecule has 0 atom stereocenters. The van der Waals surface area contributed by atoms with Gasteiger partial charge in [0.05, 0.1) is 15.5 Å². The van der Waals surface area contributed by atoms with Crippen LogP contribution in [-0.2, 0) is 0 Å². The van der Waals surface area contributed by atoms with Gasteiger partial charge in [0.25, 0.3) is 0 Å². The highest BCUT2D eigenvalue weighted by molar-refractivity contribution is 14.1. The predicted molar refractivity (Wildman–Crippen MR) is 93.8 cm³/mol. The Morgan fingerprint density at radius 3 is 2.41 bits per heavy atom. The number of aryl methyl sites for hydroxylation is 1. The third-order valence-corrected chi connectivity index (χ3v) is 3.90. The molecule has 1 heterocycles. The van der Waals surface area contributed by atoms with Gasteiger partial charge in [0.15, 0.2) is 0 Å². The molecule has 2 aromatic carbocycles. The van der Waals surface area contributed by atoms with E-state index in [9.17, 15) is 4.79 Å². The molecule has 3 aromatic rings. The maximum atomic E-state index is 12.6. The second-order valence-electron chi connectivity index (χ2n) is 4.79. The molecule has 0 aliphatic carbocycles. The van der Waals surface area contributed by atoms with E-state index in [1.165, 1.54) is 4.68 Å². The molecule has 0 fully saturated rings. The summed E-state index contributed by atoms with van der Waals surface area (Å²) in [6.07, 6.45) is 1.62. The van der Waals surface area contributed by atoms with E-state index in [-0.39, 0.29) is 11.3 Å². The lowest BCUT2D eigenvalue weighted by Crippen LogP contribution is -2.23. The lowest BCUT2D eigenvalue weighted by molar-refractivity contribution is 0.463. The Labute approximate surface area is 141 Å². The molecule has 4 nitrogen and oxygen atoms in total. The number of ether oxygens (including phenoxy) is 1. The van der Waals surface area contributed by atoms with E-state index in [0.717, 1.165) is 5.56 Å². The van der Waals surface area contributed by atoms with Crippen LogP contribution in [0.4, 0.5) is 0 Å². The molecule has 0 saturated carbocycles. The van der Waals surface area contributed by atoms with Crippen molar-refractivity contribution in [3.8, 4) is 17.2 Å². The zero-order valence-electron chi connectivity index (χ0n) is 11.9. The lowest BCUT2D eigenvalue weighted by Gasteiger charge is -2.10. The summed E-state index contributed by atoms with van der Waals surface area (Å²) in [4.78, 5) is 12.6. The van der Waals surface area contributed by atoms with Gasteiger partial charge in [-0.2, -0.15) is 9.78 Å². The van der Waals surface area contributed by atoms with Crippen molar-refractivity contribution >= 4 is 22.6 Å². The number of para-hydroxylation sites is 1. The number of nitrogens with zero attached hydrogens (tertiary/aromatic N) is 2. The van der Waals surface area contributed by atoms with Crippen LogP contribution in [0.3, 0.4) is 0 Å².